The van der Waals surface area contributed by atoms with Crippen LogP contribution in [0, 0.1) is 0 Å². The maximum atomic E-state index is 13.2. The van der Waals surface area contributed by atoms with Gasteiger partial charge in [0.25, 0.3) is 5.91 Å². The molecule has 8 nitrogen and oxygen atoms in total. The Morgan fingerprint density at radius 3 is 2.37 bits per heavy atom. The first-order valence-electron chi connectivity index (χ1n) is 11.2. The lowest BCUT2D eigenvalue weighted by atomic mass is 9.93. The van der Waals surface area contributed by atoms with E-state index in [0.717, 1.165) is 5.56 Å². The van der Waals surface area contributed by atoms with Gasteiger partial charge in [0.1, 0.15) is 23.8 Å². The summed E-state index contributed by atoms with van der Waals surface area (Å²) in [5.74, 6) is -0.699. The van der Waals surface area contributed by atoms with E-state index in [9.17, 15) is 14.4 Å². The molecule has 2 saturated heterocycles. The monoisotopic (exact) mass is 496 g/mol. The van der Waals surface area contributed by atoms with E-state index in [1.807, 2.05) is 67.3 Å². The van der Waals surface area contributed by atoms with Crippen LogP contribution >= 0.6 is 11.8 Å². The number of ether oxygens (including phenoxy) is 3. The van der Waals surface area contributed by atoms with Crippen molar-refractivity contribution in [3.05, 3.63) is 78.0 Å². The zero-order valence-corrected chi connectivity index (χ0v) is 20.6. The van der Waals surface area contributed by atoms with Crippen LogP contribution in [0.25, 0.3) is 0 Å². The van der Waals surface area contributed by atoms with Crippen molar-refractivity contribution in [2.24, 2.45) is 0 Å². The highest BCUT2D eigenvalue weighted by molar-refractivity contribution is 8.01. The van der Waals surface area contributed by atoms with Crippen LogP contribution in [0.3, 0.4) is 0 Å². The smallest absolute Gasteiger partial charge is 0.332 e. The van der Waals surface area contributed by atoms with E-state index in [1.54, 1.807) is 23.9 Å². The summed E-state index contributed by atoms with van der Waals surface area (Å²) in [6, 6.07) is 17.4. The standard InChI is InChI=1S/C26H28N2O6S/c1-26(2)23(25(31)34-15-17-10-6-4-7-11-17)28-19(14-21(30)32-3)22(24(28)35-26)27-20(29)16-33-18-12-8-5-9-13-18/h4-14,22-24H,15-16H2,1-3H3,(H,27,29)/b19-14+/t22-,23+,24-/m1/s1. The van der Waals surface area contributed by atoms with Crippen molar-refractivity contribution in [3.63, 3.8) is 0 Å². The minimum atomic E-state index is -0.633. The van der Waals surface area contributed by atoms with E-state index >= 15 is 0 Å². The van der Waals surface area contributed by atoms with Gasteiger partial charge < -0.3 is 24.4 Å². The Morgan fingerprint density at radius 2 is 1.71 bits per heavy atom. The Balaban J connectivity index is 1.47. The minimum absolute atomic E-state index is 0.155. The molecule has 2 aliphatic rings. The Labute approximate surface area is 208 Å². The number of nitrogens with zero attached hydrogens (tertiary/aromatic N) is 1. The molecule has 2 aromatic carbocycles. The zero-order valence-electron chi connectivity index (χ0n) is 19.8. The van der Waals surface area contributed by atoms with Gasteiger partial charge in [-0.3, -0.25) is 4.79 Å². The molecule has 184 valence electrons. The number of nitrogens with one attached hydrogen (secondary N) is 1. The number of carbonyl (C=O) groups excluding carboxylic acids is 3. The minimum Gasteiger partial charge on any atom is -0.484 e. The number of rotatable bonds is 8. The van der Waals surface area contributed by atoms with E-state index in [1.165, 1.54) is 13.2 Å². The summed E-state index contributed by atoms with van der Waals surface area (Å²) in [6.07, 6.45) is 1.32. The first-order chi connectivity index (χ1) is 16.8. The molecule has 2 aromatic rings. The van der Waals surface area contributed by atoms with E-state index in [2.05, 4.69) is 5.32 Å². The van der Waals surface area contributed by atoms with Gasteiger partial charge in [-0.05, 0) is 31.5 Å². The number of amides is 1. The number of hydrogen-bond acceptors (Lipinski definition) is 8. The number of thioether (sulfide) groups is 1. The summed E-state index contributed by atoms with van der Waals surface area (Å²) in [7, 11) is 1.28. The van der Waals surface area contributed by atoms with E-state index < -0.39 is 22.8 Å². The molecule has 1 amide bonds. The lowest BCUT2D eigenvalue weighted by Crippen LogP contribution is -2.65. The van der Waals surface area contributed by atoms with Crippen molar-refractivity contribution in [3.8, 4) is 5.75 Å². The fourth-order valence-electron chi connectivity index (χ4n) is 4.24. The van der Waals surface area contributed by atoms with Crippen LogP contribution in [-0.4, -0.2) is 58.7 Å². The van der Waals surface area contributed by atoms with Crippen LogP contribution in [0.5, 0.6) is 5.75 Å². The molecule has 0 unspecified atom stereocenters. The maximum absolute atomic E-state index is 13.2. The summed E-state index contributed by atoms with van der Waals surface area (Å²) < 4.78 is 15.5. The average Bonchev–Trinajstić information content (AvgIpc) is 3.11. The summed E-state index contributed by atoms with van der Waals surface area (Å²) in [6.45, 7) is 3.90. The first-order valence-corrected chi connectivity index (χ1v) is 12.1. The molecule has 9 heteroatoms. The second kappa shape index (κ2) is 10.4. The lowest BCUT2D eigenvalue weighted by Gasteiger charge is -2.48. The van der Waals surface area contributed by atoms with Crippen LogP contribution in [0.4, 0.5) is 0 Å². The van der Waals surface area contributed by atoms with Crippen molar-refractivity contribution in [2.75, 3.05) is 13.7 Å². The SMILES string of the molecule is COC(=O)/C=C1\[C@@H](NC(=O)COc2ccccc2)[C@H]2SC(C)(C)[C@H](C(=O)OCc3ccccc3)N12. The normalized spacial score (nSPS) is 23.1. The van der Waals surface area contributed by atoms with Gasteiger partial charge in [0.05, 0.1) is 13.2 Å². The molecule has 0 radical (unpaired) electrons. The molecular weight excluding hydrogens is 468 g/mol. The maximum Gasteiger partial charge on any atom is 0.332 e. The van der Waals surface area contributed by atoms with Gasteiger partial charge in [-0.15, -0.1) is 11.8 Å². The molecule has 3 atom stereocenters. The number of carbonyl (C=O) groups is 3. The third-order valence-corrected chi connectivity index (χ3v) is 7.45. The number of esters is 2. The third kappa shape index (κ3) is 5.45. The summed E-state index contributed by atoms with van der Waals surface area (Å²) in [5.41, 5.74) is 1.40. The van der Waals surface area contributed by atoms with Gasteiger partial charge in [-0.25, -0.2) is 9.59 Å². The Kier molecular flexibility index (Phi) is 7.35. The molecule has 0 bridgehead atoms. The number of para-hydroxylation sites is 1. The molecule has 2 aliphatic heterocycles. The predicted octanol–water partition coefficient (Wildman–Crippen LogP) is 2.89. The largest absolute Gasteiger partial charge is 0.484 e. The summed E-state index contributed by atoms with van der Waals surface area (Å²) >= 11 is 1.56. The van der Waals surface area contributed by atoms with Gasteiger partial charge in [0.15, 0.2) is 6.61 Å². The molecule has 0 aliphatic carbocycles. The van der Waals surface area contributed by atoms with Crippen LogP contribution in [0.15, 0.2) is 72.4 Å². The molecular formula is C26H28N2O6S. The average molecular weight is 497 g/mol. The fraction of sp³-hybridized carbons (Fsp3) is 0.346. The molecule has 0 aromatic heterocycles. The third-order valence-electron chi connectivity index (χ3n) is 5.88. The van der Waals surface area contributed by atoms with Crippen molar-refractivity contribution in [1.29, 1.82) is 0 Å². The van der Waals surface area contributed by atoms with Crippen LogP contribution in [0.2, 0.25) is 0 Å². The van der Waals surface area contributed by atoms with Gasteiger partial charge in [0, 0.05) is 16.5 Å². The molecule has 35 heavy (non-hydrogen) atoms. The lowest BCUT2D eigenvalue weighted by molar-refractivity contribution is -0.153. The van der Waals surface area contributed by atoms with Gasteiger partial charge in [0.2, 0.25) is 0 Å². The molecule has 4 rings (SSSR count). The highest BCUT2D eigenvalue weighted by atomic mass is 32.2. The Bertz CT molecular complexity index is 1110. The Hall–Kier alpha value is -3.46. The quantitative estimate of drug-likeness (QED) is 0.441. The first kappa shape index (κ1) is 24.7. The molecule has 2 heterocycles. The molecule has 0 saturated carbocycles. The van der Waals surface area contributed by atoms with Crippen molar-refractivity contribution >= 4 is 29.6 Å². The number of hydrogen-bond donors (Lipinski definition) is 1. The zero-order chi connectivity index (χ0) is 25.0. The molecule has 0 spiro atoms. The van der Waals surface area contributed by atoms with Crippen molar-refractivity contribution < 1.29 is 28.6 Å². The highest BCUT2D eigenvalue weighted by Crippen LogP contribution is 2.54. The van der Waals surface area contributed by atoms with Crippen LogP contribution in [-0.2, 0) is 30.5 Å². The van der Waals surface area contributed by atoms with Gasteiger partial charge >= 0.3 is 11.9 Å². The summed E-state index contributed by atoms with van der Waals surface area (Å²) in [5, 5.41) is 2.70. The van der Waals surface area contributed by atoms with Crippen LogP contribution in [0.1, 0.15) is 19.4 Å². The molecule has 2 fully saturated rings. The van der Waals surface area contributed by atoms with E-state index in [4.69, 9.17) is 14.2 Å². The molecule has 1 N–H and O–H groups in total. The fourth-order valence-corrected chi connectivity index (χ4v) is 5.90. The topological polar surface area (TPSA) is 94.2 Å². The van der Waals surface area contributed by atoms with Gasteiger partial charge in [-0.2, -0.15) is 0 Å². The predicted molar refractivity (Wildman–Crippen MR) is 131 cm³/mol. The second-order valence-corrected chi connectivity index (χ2v) is 10.5. The Morgan fingerprint density at radius 1 is 1.06 bits per heavy atom. The summed E-state index contributed by atoms with van der Waals surface area (Å²) in [4.78, 5) is 39.8. The number of methoxy groups -OCH3 is 1. The van der Waals surface area contributed by atoms with E-state index in [0.29, 0.717) is 11.4 Å². The van der Waals surface area contributed by atoms with Crippen LogP contribution < -0.4 is 10.1 Å². The highest BCUT2D eigenvalue weighted by Gasteiger charge is 2.62. The van der Waals surface area contributed by atoms with Crippen molar-refractivity contribution in [1.82, 2.24) is 10.2 Å². The second-order valence-electron chi connectivity index (χ2n) is 8.75. The number of fused-ring (bicyclic) bond motifs is 1. The van der Waals surface area contributed by atoms with E-state index in [-0.39, 0.29) is 30.5 Å². The van der Waals surface area contributed by atoms with Gasteiger partial charge in [-0.1, -0.05) is 48.5 Å². The van der Waals surface area contributed by atoms with Crippen molar-refractivity contribution in [2.45, 2.75) is 42.7 Å². The number of benzene rings is 2.